The second-order valence-corrected chi connectivity index (χ2v) is 8.46. The Morgan fingerprint density at radius 2 is 1.70 bits per heavy atom. The minimum Gasteiger partial charge on any atom is -0.465 e. The number of esters is 2. The van der Waals surface area contributed by atoms with Gasteiger partial charge < -0.3 is 9.47 Å². The first-order valence-electron chi connectivity index (χ1n) is 8.77. The minimum absolute atomic E-state index is 0.0591. The summed E-state index contributed by atoms with van der Waals surface area (Å²) in [5, 5.41) is 0. The van der Waals surface area contributed by atoms with E-state index < -0.39 is 33.9 Å². The fourth-order valence-corrected chi connectivity index (χ4v) is 3.76. The standard InChI is InChI=1S/C19H25NO6S/c1-13-7-9-16(10-8-13)27(23,24)20-17-12-26-19(22)15(3)11-25-18(21)6-4-5-14(17)2/h4-5,7-10,14-15,17,20H,6,11-12H2,1-3H3/b5-4+/t14-,15-,17-/m1/s1. The number of carbonyl (C=O) groups is 2. The van der Waals surface area contributed by atoms with Gasteiger partial charge in [0.1, 0.15) is 13.2 Å². The Bertz CT molecular complexity index is 800. The third-order valence-electron chi connectivity index (χ3n) is 4.30. The van der Waals surface area contributed by atoms with E-state index in [0.29, 0.717) is 0 Å². The molecule has 0 unspecified atom stereocenters. The molecule has 0 amide bonds. The molecule has 1 heterocycles. The molecule has 1 aliphatic heterocycles. The highest BCUT2D eigenvalue weighted by molar-refractivity contribution is 7.89. The molecule has 1 aromatic rings. The zero-order valence-corrected chi connectivity index (χ0v) is 16.5. The Kier molecular flexibility index (Phi) is 7.15. The first-order valence-corrected chi connectivity index (χ1v) is 10.3. The number of hydrogen-bond acceptors (Lipinski definition) is 6. The van der Waals surface area contributed by atoms with Gasteiger partial charge >= 0.3 is 11.9 Å². The largest absolute Gasteiger partial charge is 0.465 e. The van der Waals surface area contributed by atoms with Gasteiger partial charge in [0, 0.05) is 0 Å². The summed E-state index contributed by atoms with van der Waals surface area (Å²) in [6.45, 7) is 5.06. The van der Waals surface area contributed by atoms with Gasteiger partial charge in [-0.1, -0.05) is 36.8 Å². The molecule has 1 aromatic carbocycles. The van der Waals surface area contributed by atoms with Crippen molar-refractivity contribution in [1.29, 1.82) is 0 Å². The molecule has 8 heteroatoms. The number of sulfonamides is 1. The lowest BCUT2D eigenvalue weighted by atomic mass is 10.0. The molecule has 3 atom stereocenters. The van der Waals surface area contributed by atoms with Gasteiger partial charge in [0.2, 0.25) is 10.0 Å². The Morgan fingerprint density at radius 1 is 1.04 bits per heavy atom. The van der Waals surface area contributed by atoms with E-state index in [9.17, 15) is 18.0 Å². The van der Waals surface area contributed by atoms with Crippen LogP contribution in [-0.4, -0.2) is 39.6 Å². The van der Waals surface area contributed by atoms with E-state index in [0.717, 1.165) is 5.56 Å². The number of rotatable bonds is 3. The summed E-state index contributed by atoms with van der Waals surface area (Å²) in [5.41, 5.74) is 0.950. The second kappa shape index (κ2) is 9.14. The average molecular weight is 395 g/mol. The molecule has 1 aliphatic rings. The van der Waals surface area contributed by atoms with Gasteiger partial charge in [-0.15, -0.1) is 0 Å². The molecule has 7 nitrogen and oxygen atoms in total. The van der Waals surface area contributed by atoms with Crippen LogP contribution in [0.4, 0.5) is 0 Å². The van der Waals surface area contributed by atoms with Gasteiger partial charge in [-0.2, -0.15) is 0 Å². The van der Waals surface area contributed by atoms with E-state index in [1.807, 2.05) is 6.92 Å². The number of cyclic esters (lactones) is 2. The molecule has 0 saturated heterocycles. The van der Waals surface area contributed by atoms with Crippen molar-refractivity contribution in [3.63, 3.8) is 0 Å². The van der Waals surface area contributed by atoms with Crippen LogP contribution >= 0.6 is 0 Å². The van der Waals surface area contributed by atoms with Crippen LogP contribution in [-0.2, 0) is 29.1 Å². The van der Waals surface area contributed by atoms with E-state index in [2.05, 4.69) is 4.72 Å². The molecule has 0 aromatic heterocycles. The molecular weight excluding hydrogens is 370 g/mol. The zero-order valence-electron chi connectivity index (χ0n) is 15.7. The SMILES string of the molecule is Cc1ccc(S(=O)(=O)N[C@@H]2COC(=O)[C@H](C)COC(=O)C/C=C/[C@H]2C)cc1. The topological polar surface area (TPSA) is 98.8 Å². The smallest absolute Gasteiger partial charge is 0.312 e. The molecule has 27 heavy (non-hydrogen) atoms. The molecule has 148 valence electrons. The summed E-state index contributed by atoms with van der Waals surface area (Å²) >= 11 is 0. The quantitative estimate of drug-likeness (QED) is 0.620. The highest BCUT2D eigenvalue weighted by Gasteiger charge is 2.26. The van der Waals surface area contributed by atoms with Crippen molar-refractivity contribution in [3.8, 4) is 0 Å². The monoisotopic (exact) mass is 395 g/mol. The van der Waals surface area contributed by atoms with E-state index in [1.54, 1.807) is 38.1 Å². The van der Waals surface area contributed by atoms with Crippen molar-refractivity contribution < 1.29 is 27.5 Å². The molecule has 0 bridgehead atoms. The normalized spacial score (nSPS) is 26.3. The lowest BCUT2D eigenvalue weighted by molar-refractivity contribution is -0.154. The molecule has 0 saturated carbocycles. The molecule has 0 radical (unpaired) electrons. The van der Waals surface area contributed by atoms with Crippen LogP contribution in [0.15, 0.2) is 41.3 Å². The number of ether oxygens (including phenoxy) is 2. The Balaban J connectivity index is 2.22. The van der Waals surface area contributed by atoms with Crippen LogP contribution in [0.1, 0.15) is 25.8 Å². The van der Waals surface area contributed by atoms with E-state index in [1.165, 1.54) is 12.1 Å². The van der Waals surface area contributed by atoms with Gasteiger partial charge in [0.25, 0.3) is 0 Å². The lowest BCUT2D eigenvalue weighted by Gasteiger charge is -2.24. The van der Waals surface area contributed by atoms with Crippen LogP contribution in [0.3, 0.4) is 0 Å². The number of aryl methyl sites for hydroxylation is 1. The van der Waals surface area contributed by atoms with Gasteiger partial charge in [-0.05, 0) is 31.9 Å². The highest BCUT2D eigenvalue weighted by atomic mass is 32.2. The van der Waals surface area contributed by atoms with Crippen LogP contribution in [0.2, 0.25) is 0 Å². The maximum Gasteiger partial charge on any atom is 0.312 e. The van der Waals surface area contributed by atoms with Crippen LogP contribution in [0.5, 0.6) is 0 Å². The highest BCUT2D eigenvalue weighted by Crippen LogP contribution is 2.15. The Hall–Kier alpha value is -2.19. The number of hydrogen-bond donors (Lipinski definition) is 1. The molecular formula is C19H25NO6S. The lowest BCUT2D eigenvalue weighted by Crippen LogP contribution is -2.43. The first-order chi connectivity index (χ1) is 12.7. The Morgan fingerprint density at radius 3 is 2.37 bits per heavy atom. The van der Waals surface area contributed by atoms with Gasteiger partial charge in [0.05, 0.1) is 23.3 Å². The molecule has 0 aliphatic carbocycles. The summed E-state index contributed by atoms with van der Waals surface area (Å²) in [6.07, 6.45) is 3.40. The van der Waals surface area contributed by atoms with Crippen molar-refractivity contribution in [3.05, 3.63) is 42.0 Å². The molecule has 2 rings (SSSR count). The van der Waals surface area contributed by atoms with Crippen molar-refractivity contribution in [2.75, 3.05) is 13.2 Å². The Labute approximate surface area is 159 Å². The third kappa shape index (κ3) is 6.18. The fourth-order valence-electron chi connectivity index (χ4n) is 2.45. The molecule has 0 fully saturated rings. The van der Waals surface area contributed by atoms with Crippen molar-refractivity contribution in [2.45, 2.75) is 38.1 Å². The predicted octanol–water partition coefficient (Wildman–Crippen LogP) is 1.96. The summed E-state index contributed by atoms with van der Waals surface area (Å²) in [5.74, 6) is -1.92. The van der Waals surface area contributed by atoms with Gasteiger partial charge in [0.15, 0.2) is 0 Å². The second-order valence-electron chi connectivity index (χ2n) is 6.75. The van der Waals surface area contributed by atoms with Crippen LogP contribution in [0.25, 0.3) is 0 Å². The van der Waals surface area contributed by atoms with E-state index in [-0.39, 0.29) is 30.4 Å². The molecule has 1 N–H and O–H groups in total. The van der Waals surface area contributed by atoms with Gasteiger partial charge in [-0.3, -0.25) is 9.59 Å². The molecule has 0 spiro atoms. The minimum atomic E-state index is -3.78. The summed E-state index contributed by atoms with van der Waals surface area (Å²) in [6, 6.07) is 5.81. The van der Waals surface area contributed by atoms with Crippen molar-refractivity contribution in [2.24, 2.45) is 11.8 Å². The third-order valence-corrected chi connectivity index (χ3v) is 5.80. The number of benzene rings is 1. The number of carbonyl (C=O) groups excluding carboxylic acids is 2. The van der Waals surface area contributed by atoms with Crippen LogP contribution < -0.4 is 4.72 Å². The maximum atomic E-state index is 12.7. The summed E-state index contributed by atoms with van der Waals surface area (Å²) in [4.78, 5) is 23.8. The zero-order chi connectivity index (χ0) is 20.0. The fraction of sp³-hybridized carbons (Fsp3) is 0.474. The number of nitrogens with one attached hydrogen (secondary N) is 1. The van der Waals surface area contributed by atoms with Crippen LogP contribution in [0, 0.1) is 18.8 Å². The van der Waals surface area contributed by atoms with Crippen molar-refractivity contribution in [1.82, 2.24) is 4.72 Å². The first kappa shape index (κ1) is 21.1. The average Bonchev–Trinajstić information content (AvgIpc) is 2.62. The van der Waals surface area contributed by atoms with E-state index in [4.69, 9.17) is 9.47 Å². The van der Waals surface area contributed by atoms with Gasteiger partial charge in [-0.25, -0.2) is 13.1 Å². The summed E-state index contributed by atoms with van der Waals surface area (Å²) in [7, 11) is -3.78. The van der Waals surface area contributed by atoms with Crippen molar-refractivity contribution >= 4 is 22.0 Å². The predicted molar refractivity (Wildman–Crippen MR) is 99.3 cm³/mol. The van der Waals surface area contributed by atoms with E-state index >= 15 is 0 Å². The maximum absolute atomic E-state index is 12.7. The summed E-state index contributed by atoms with van der Waals surface area (Å²) < 4.78 is 38.2.